The first-order chi connectivity index (χ1) is 16.9. The van der Waals surface area contributed by atoms with Crippen LogP contribution in [0, 0.1) is 17.8 Å². The van der Waals surface area contributed by atoms with Crippen molar-refractivity contribution in [1.29, 1.82) is 0 Å². The van der Waals surface area contributed by atoms with Gasteiger partial charge in [0.2, 0.25) is 5.91 Å². The van der Waals surface area contributed by atoms with E-state index in [1.54, 1.807) is 0 Å². The monoisotopic (exact) mass is 474 g/mol. The van der Waals surface area contributed by atoms with Crippen LogP contribution in [0.5, 0.6) is 0 Å². The van der Waals surface area contributed by atoms with Gasteiger partial charge < -0.3 is 20.5 Å². The molecular weight excluding hydrogens is 444 g/mol. The van der Waals surface area contributed by atoms with Crippen LogP contribution in [0.4, 0.5) is 4.79 Å². The minimum absolute atomic E-state index is 0.00517. The van der Waals surface area contributed by atoms with Crippen LogP contribution in [-0.2, 0) is 14.3 Å². The van der Waals surface area contributed by atoms with Crippen molar-refractivity contribution in [3.63, 3.8) is 0 Å². The van der Waals surface area contributed by atoms with Crippen LogP contribution < -0.4 is 10.6 Å². The van der Waals surface area contributed by atoms with E-state index in [0.717, 1.165) is 19.3 Å². The Hall–Kier alpha value is -3.35. The molecule has 6 rings (SSSR count). The summed E-state index contributed by atoms with van der Waals surface area (Å²) in [4.78, 5) is 37.0. The molecular formula is C28H30N2O5. The lowest BCUT2D eigenvalue weighted by atomic mass is 9.71. The van der Waals surface area contributed by atoms with Crippen molar-refractivity contribution in [2.75, 3.05) is 6.61 Å². The number of ether oxygens (including phenoxy) is 1. The van der Waals surface area contributed by atoms with Crippen LogP contribution in [0.3, 0.4) is 0 Å². The van der Waals surface area contributed by atoms with E-state index in [1.807, 2.05) is 24.3 Å². The van der Waals surface area contributed by atoms with Gasteiger partial charge in [0.25, 0.3) is 0 Å². The van der Waals surface area contributed by atoms with Gasteiger partial charge in [0.15, 0.2) is 0 Å². The lowest BCUT2D eigenvalue weighted by Crippen LogP contribution is -2.60. The fourth-order valence-corrected chi connectivity index (χ4v) is 6.66. The maximum Gasteiger partial charge on any atom is 0.407 e. The number of aliphatic carboxylic acids is 1. The number of nitrogens with one attached hydrogen (secondary N) is 2. The fourth-order valence-electron chi connectivity index (χ4n) is 6.66. The smallest absolute Gasteiger partial charge is 0.407 e. The third-order valence-corrected chi connectivity index (χ3v) is 8.82. The molecule has 0 spiro atoms. The Morgan fingerprint density at radius 2 is 1.60 bits per heavy atom. The first-order valence-electron chi connectivity index (χ1n) is 12.6. The Morgan fingerprint density at radius 1 is 0.943 bits per heavy atom. The SMILES string of the molecule is O=C(N[C@H]1C[C@H]2CC(C(=O)NC3(C(=O)O)CCC3)C[C@H]21)OCC1c2ccccc2-c2ccccc21. The van der Waals surface area contributed by atoms with Crippen LogP contribution in [-0.4, -0.2) is 41.3 Å². The second-order valence-corrected chi connectivity index (χ2v) is 10.6. The molecule has 3 fully saturated rings. The van der Waals surface area contributed by atoms with E-state index < -0.39 is 17.6 Å². The molecule has 0 heterocycles. The third-order valence-electron chi connectivity index (χ3n) is 8.82. The predicted octanol–water partition coefficient (Wildman–Crippen LogP) is 4.06. The van der Waals surface area contributed by atoms with Gasteiger partial charge in [-0.25, -0.2) is 9.59 Å². The van der Waals surface area contributed by atoms with Gasteiger partial charge in [-0.15, -0.1) is 0 Å². The summed E-state index contributed by atoms with van der Waals surface area (Å²) in [5.74, 6) is -0.611. The number of carboxylic acid groups (broad SMARTS) is 1. The van der Waals surface area contributed by atoms with E-state index in [9.17, 15) is 19.5 Å². The summed E-state index contributed by atoms with van der Waals surface area (Å²) in [7, 11) is 0. The zero-order chi connectivity index (χ0) is 24.2. The second-order valence-electron chi connectivity index (χ2n) is 10.6. The Morgan fingerprint density at radius 3 is 2.20 bits per heavy atom. The molecule has 3 N–H and O–H groups in total. The van der Waals surface area contributed by atoms with Gasteiger partial charge in [-0.05, 0) is 72.6 Å². The highest BCUT2D eigenvalue weighted by Crippen LogP contribution is 2.50. The normalized spacial score (nSPS) is 27.4. The fraction of sp³-hybridized carbons (Fsp3) is 0.464. The highest BCUT2D eigenvalue weighted by atomic mass is 16.5. The van der Waals surface area contributed by atoms with Crippen molar-refractivity contribution in [2.24, 2.45) is 17.8 Å². The Bertz CT molecular complexity index is 1140. The van der Waals surface area contributed by atoms with Gasteiger partial charge in [0.05, 0.1) is 0 Å². The van der Waals surface area contributed by atoms with Gasteiger partial charge in [0.1, 0.15) is 12.1 Å². The number of carboxylic acids is 1. The number of hydrogen-bond donors (Lipinski definition) is 3. The molecule has 4 atom stereocenters. The third kappa shape index (κ3) is 3.68. The van der Waals surface area contributed by atoms with E-state index in [-0.39, 0.29) is 36.3 Å². The standard InChI is InChI=1S/C28H30N2O5/c31-25(30-28(26(32)33)10-5-11-28)17-12-16-14-24(22(16)13-17)29-27(34)35-15-23-20-8-3-1-6-18(20)19-7-2-4-9-21(19)23/h1-4,6-9,16-17,22-24H,5,10-15H2,(H,29,34)(H,30,31)(H,32,33)/t16-,17?,22-,24+/m1/s1. The number of benzene rings is 2. The second kappa shape index (κ2) is 8.40. The van der Waals surface area contributed by atoms with Crippen LogP contribution >= 0.6 is 0 Å². The van der Waals surface area contributed by atoms with Crippen LogP contribution in [0.15, 0.2) is 48.5 Å². The summed E-state index contributed by atoms with van der Waals surface area (Å²) in [5, 5.41) is 15.3. The molecule has 182 valence electrons. The molecule has 2 aromatic carbocycles. The maximum absolute atomic E-state index is 12.8. The van der Waals surface area contributed by atoms with Crippen LogP contribution in [0.1, 0.15) is 55.6 Å². The summed E-state index contributed by atoms with van der Waals surface area (Å²) in [5.41, 5.74) is 3.68. The number of fused-ring (bicyclic) bond motifs is 4. The highest BCUT2D eigenvalue weighted by Gasteiger charge is 2.52. The highest BCUT2D eigenvalue weighted by molar-refractivity contribution is 5.89. The summed E-state index contributed by atoms with van der Waals surface area (Å²) < 4.78 is 5.69. The first kappa shape index (κ1) is 22.1. The molecule has 0 saturated heterocycles. The van der Waals surface area contributed by atoms with Gasteiger partial charge in [0, 0.05) is 17.9 Å². The maximum atomic E-state index is 12.8. The van der Waals surface area contributed by atoms with Gasteiger partial charge >= 0.3 is 12.1 Å². The van der Waals surface area contributed by atoms with Crippen LogP contribution in [0.25, 0.3) is 11.1 Å². The van der Waals surface area contributed by atoms with E-state index in [4.69, 9.17) is 4.74 Å². The number of hydrogen-bond acceptors (Lipinski definition) is 4. The quantitative estimate of drug-likeness (QED) is 0.586. The molecule has 2 aromatic rings. The summed E-state index contributed by atoms with van der Waals surface area (Å²) >= 11 is 0. The number of amides is 2. The minimum atomic E-state index is -1.07. The van der Waals surface area contributed by atoms with E-state index in [0.29, 0.717) is 25.2 Å². The largest absolute Gasteiger partial charge is 0.480 e. The average molecular weight is 475 g/mol. The molecule has 1 unspecified atom stereocenters. The number of rotatable bonds is 6. The Balaban J connectivity index is 1.03. The predicted molar refractivity (Wildman–Crippen MR) is 129 cm³/mol. The number of alkyl carbamates (subject to hydrolysis) is 1. The number of carbonyl (C=O) groups is 3. The van der Waals surface area contributed by atoms with Crippen molar-refractivity contribution >= 4 is 18.0 Å². The van der Waals surface area contributed by atoms with Gasteiger partial charge in [-0.3, -0.25) is 4.79 Å². The molecule has 2 amide bonds. The number of carbonyl (C=O) groups excluding carboxylic acids is 2. The van der Waals surface area contributed by atoms with Crippen molar-refractivity contribution in [3.8, 4) is 11.1 Å². The van der Waals surface area contributed by atoms with E-state index in [1.165, 1.54) is 22.3 Å². The minimum Gasteiger partial charge on any atom is -0.480 e. The molecule has 3 saturated carbocycles. The van der Waals surface area contributed by atoms with Crippen molar-refractivity contribution in [2.45, 2.75) is 56.0 Å². The van der Waals surface area contributed by atoms with Gasteiger partial charge in [-0.1, -0.05) is 48.5 Å². The average Bonchev–Trinajstić information content (AvgIpc) is 3.33. The Kier molecular flexibility index (Phi) is 5.31. The molecule has 7 heteroatoms. The molecule has 4 aliphatic carbocycles. The lowest BCUT2D eigenvalue weighted by Gasteiger charge is -2.40. The molecule has 0 bridgehead atoms. The van der Waals surface area contributed by atoms with Crippen molar-refractivity contribution in [3.05, 3.63) is 59.7 Å². The topological polar surface area (TPSA) is 105 Å². The zero-order valence-corrected chi connectivity index (χ0v) is 19.5. The van der Waals surface area contributed by atoms with Gasteiger partial charge in [-0.2, -0.15) is 0 Å². The van der Waals surface area contributed by atoms with Crippen molar-refractivity contribution < 1.29 is 24.2 Å². The zero-order valence-electron chi connectivity index (χ0n) is 19.5. The molecule has 0 radical (unpaired) electrons. The first-order valence-corrected chi connectivity index (χ1v) is 12.6. The summed E-state index contributed by atoms with van der Waals surface area (Å²) in [6.45, 7) is 0.281. The Labute approximate surface area is 204 Å². The summed E-state index contributed by atoms with van der Waals surface area (Å²) in [6, 6.07) is 16.5. The molecule has 35 heavy (non-hydrogen) atoms. The molecule has 0 aliphatic heterocycles. The van der Waals surface area contributed by atoms with Crippen molar-refractivity contribution in [1.82, 2.24) is 10.6 Å². The van der Waals surface area contributed by atoms with E-state index in [2.05, 4.69) is 34.9 Å². The summed E-state index contributed by atoms with van der Waals surface area (Å²) in [6.07, 6.45) is 3.69. The van der Waals surface area contributed by atoms with Crippen LogP contribution in [0.2, 0.25) is 0 Å². The molecule has 0 aromatic heterocycles. The molecule has 4 aliphatic rings. The van der Waals surface area contributed by atoms with E-state index >= 15 is 0 Å². The lowest BCUT2D eigenvalue weighted by molar-refractivity contribution is -0.152. The molecule has 7 nitrogen and oxygen atoms in total.